The van der Waals surface area contributed by atoms with Gasteiger partial charge in [-0.05, 0) is 43.1 Å². The lowest BCUT2D eigenvalue weighted by molar-refractivity contribution is -0.148. The van der Waals surface area contributed by atoms with Crippen molar-refractivity contribution in [2.75, 3.05) is 51.8 Å². The third-order valence-electron chi connectivity index (χ3n) is 8.67. The van der Waals surface area contributed by atoms with Crippen LogP contribution in [-0.4, -0.2) is 74.6 Å². The zero-order valence-electron chi connectivity index (χ0n) is 22.7. The third kappa shape index (κ3) is 5.52. The second-order valence-electron chi connectivity index (χ2n) is 11.0. The molecule has 0 spiro atoms. The lowest BCUT2D eigenvalue weighted by atomic mass is 9.57. The molecule has 1 aromatic rings. The smallest absolute Gasteiger partial charge is 0.303 e. The third-order valence-corrected chi connectivity index (χ3v) is 8.67. The second-order valence-corrected chi connectivity index (χ2v) is 11.0. The topological polar surface area (TPSA) is 71.5 Å². The van der Waals surface area contributed by atoms with Crippen LogP contribution in [0.4, 0.5) is 5.69 Å². The van der Waals surface area contributed by atoms with Gasteiger partial charge < -0.3 is 24.2 Å². The van der Waals surface area contributed by atoms with Gasteiger partial charge in [-0.3, -0.25) is 9.69 Å². The monoisotopic (exact) mass is 499 g/mol. The van der Waals surface area contributed by atoms with E-state index >= 15 is 0 Å². The van der Waals surface area contributed by atoms with Crippen LogP contribution in [0.3, 0.4) is 0 Å². The van der Waals surface area contributed by atoms with Crippen molar-refractivity contribution in [2.24, 2.45) is 23.7 Å². The summed E-state index contributed by atoms with van der Waals surface area (Å²) >= 11 is 0. The Kier molecular flexibility index (Phi) is 8.20. The molecular formula is C29H43N2O5. The summed E-state index contributed by atoms with van der Waals surface area (Å²) in [5, 5.41) is 11.8. The van der Waals surface area contributed by atoms with Crippen molar-refractivity contribution >= 4 is 11.7 Å². The zero-order valence-corrected chi connectivity index (χ0v) is 22.7. The fourth-order valence-electron chi connectivity index (χ4n) is 6.46. The van der Waals surface area contributed by atoms with Gasteiger partial charge in [-0.2, -0.15) is 0 Å². The average Bonchev–Trinajstić information content (AvgIpc) is 2.85. The highest BCUT2D eigenvalue weighted by Crippen LogP contribution is 2.51. The minimum Gasteiger partial charge on any atom is -0.497 e. The molecule has 1 N–H and O–H groups in total. The summed E-state index contributed by atoms with van der Waals surface area (Å²) in [7, 11) is 3.37. The summed E-state index contributed by atoms with van der Waals surface area (Å²) in [6.45, 7) is 12.8. The number of hydrogen-bond acceptors (Lipinski definition) is 7. The number of rotatable bonds is 7. The van der Waals surface area contributed by atoms with Crippen molar-refractivity contribution in [1.29, 1.82) is 0 Å². The Bertz CT molecular complexity index is 935. The van der Waals surface area contributed by atoms with Crippen LogP contribution in [0.25, 0.3) is 0 Å². The molecule has 2 aliphatic carbocycles. The van der Waals surface area contributed by atoms with Crippen LogP contribution in [0, 0.1) is 30.1 Å². The Labute approximate surface area is 216 Å². The SMILES string of the molecule is COc1cc(OC)cc(N2CCN(CC(C)[C@@H]3CC[C@@H](C)[C@]4(O)[CH][C@@H](OC(C)=O)C(C)=C[C@H]34)CC2)c1. The van der Waals surface area contributed by atoms with Gasteiger partial charge in [0.05, 0.1) is 19.8 Å². The molecule has 1 saturated heterocycles. The van der Waals surface area contributed by atoms with Gasteiger partial charge in [0.2, 0.25) is 0 Å². The van der Waals surface area contributed by atoms with E-state index in [9.17, 15) is 9.90 Å². The number of aliphatic hydroxyl groups is 1. The normalized spacial score (nSPS) is 31.8. The number of fused-ring (bicyclic) bond motifs is 1. The molecule has 4 rings (SSSR count). The molecular weight excluding hydrogens is 456 g/mol. The highest BCUT2D eigenvalue weighted by molar-refractivity contribution is 5.66. The molecule has 36 heavy (non-hydrogen) atoms. The minimum absolute atomic E-state index is 0.0496. The van der Waals surface area contributed by atoms with Gasteiger partial charge in [0.1, 0.15) is 17.6 Å². The Morgan fingerprint density at radius 1 is 1.11 bits per heavy atom. The van der Waals surface area contributed by atoms with E-state index in [1.54, 1.807) is 14.2 Å². The molecule has 1 heterocycles. The number of carbonyl (C=O) groups excluding carboxylic acids is 1. The molecule has 3 aliphatic rings. The Morgan fingerprint density at radius 3 is 2.33 bits per heavy atom. The van der Waals surface area contributed by atoms with Crippen LogP contribution in [0.2, 0.25) is 0 Å². The highest BCUT2D eigenvalue weighted by atomic mass is 16.5. The van der Waals surface area contributed by atoms with Gasteiger partial charge in [-0.1, -0.05) is 19.9 Å². The number of methoxy groups -OCH3 is 2. The summed E-state index contributed by atoms with van der Waals surface area (Å²) in [4.78, 5) is 16.6. The van der Waals surface area contributed by atoms with E-state index in [1.807, 2.05) is 19.4 Å². The number of piperazine rings is 1. The van der Waals surface area contributed by atoms with E-state index < -0.39 is 11.7 Å². The van der Waals surface area contributed by atoms with Crippen LogP contribution in [0.1, 0.15) is 40.5 Å². The molecule has 0 amide bonds. The van der Waals surface area contributed by atoms with Crippen LogP contribution in [-0.2, 0) is 9.53 Å². The van der Waals surface area contributed by atoms with Crippen molar-refractivity contribution in [3.63, 3.8) is 0 Å². The number of anilines is 1. The molecule has 6 atom stereocenters. The molecule has 7 nitrogen and oxygen atoms in total. The number of carbonyl (C=O) groups is 1. The zero-order chi connectivity index (χ0) is 26.0. The van der Waals surface area contributed by atoms with Crippen LogP contribution in [0.15, 0.2) is 29.8 Å². The summed E-state index contributed by atoms with van der Waals surface area (Å²) in [6.07, 6.45) is 5.74. The van der Waals surface area contributed by atoms with E-state index in [0.717, 1.165) is 68.3 Å². The maximum Gasteiger partial charge on any atom is 0.303 e. The molecule has 1 radical (unpaired) electrons. The number of esters is 1. The molecule has 1 aliphatic heterocycles. The molecule has 2 fully saturated rings. The lowest BCUT2D eigenvalue weighted by Gasteiger charge is -2.53. The number of benzene rings is 1. The van der Waals surface area contributed by atoms with Crippen molar-refractivity contribution < 1.29 is 24.1 Å². The predicted octanol–water partition coefficient (Wildman–Crippen LogP) is 3.95. The predicted molar refractivity (Wildman–Crippen MR) is 141 cm³/mol. The average molecular weight is 500 g/mol. The summed E-state index contributed by atoms with van der Waals surface area (Å²) < 4.78 is 16.4. The number of ether oxygens (including phenoxy) is 3. The first-order valence-electron chi connectivity index (χ1n) is 13.3. The van der Waals surface area contributed by atoms with Crippen molar-refractivity contribution in [3.05, 3.63) is 36.3 Å². The Hall–Kier alpha value is -2.25. The van der Waals surface area contributed by atoms with Crippen molar-refractivity contribution in [2.45, 2.75) is 52.2 Å². The Balaban J connectivity index is 1.40. The van der Waals surface area contributed by atoms with Gasteiger partial charge in [-0.25, -0.2) is 0 Å². The summed E-state index contributed by atoms with van der Waals surface area (Å²) in [5.41, 5.74) is 1.21. The van der Waals surface area contributed by atoms with Crippen LogP contribution in [0.5, 0.6) is 11.5 Å². The fourth-order valence-corrected chi connectivity index (χ4v) is 6.46. The first-order valence-corrected chi connectivity index (χ1v) is 13.3. The molecule has 0 aromatic heterocycles. The first kappa shape index (κ1) is 26.8. The van der Waals surface area contributed by atoms with Crippen LogP contribution < -0.4 is 14.4 Å². The van der Waals surface area contributed by atoms with E-state index in [0.29, 0.717) is 11.8 Å². The standard InChI is InChI=1S/C29H43N2O5/c1-19-13-27-26(8-7-21(3)29(27,33)17-28(19)36-22(4)32)20(2)18-30-9-11-31(12-10-30)23-14-24(34-5)16-25(15-23)35-6/h13-17,20-21,26-28,33H,7-12,18H2,1-6H3/t20?,21-,26+,27-,28-,29-/m1/s1. The lowest BCUT2D eigenvalue weighted by Crippen LogP contribution is -2.57. The fraction of sp³-hybridized carbons (Fsp3) is 0.655. The number of hydrogen-bond donors (Lipinski definition) is 1. The summed E-state index contributed by atoms with van der Waals surface area (Å²) in [5.74, 6) is 2.32. The molecule has 1 unspecified atom stereocenters. The van der Waals surface area contributed by atoms with Crippen molar-refractivity contribution in [3.8, 4) is 11.5 Å². The van der Waals surface area contributed by atoms with Crippen LogP contribution >= 0.6 is 0 Å². The van der Waals surface area contributed by atoms with E-state index in [4.69, 9.17) is 14.2 Å². The quantitative estimate of drug-likeness (QED) is 0.450. The first-order chi connectivity index (χ1) is 17.1. The molecule has 7 heteroatoms. The van der Waals surface area contributed by atoms with E-state index in [2.05, 4.69) is 41.9 Å². The second kappa shape index (κ2) is 11.0. The maximum atomic E-state index is 11.8. The highest BCUT2D eigenvalue weighted by Gasteiger charge is 2.53. The molecule has 0 bridgehead atoms. The van der Waals surface area contributed by atoms with Gasteiger partial charge in [-0.15, -0.1) is 0 Å². The maximum absolute atomic E-state index is 11.8. The van der Waals surface area contributed by atoms with E-state index in [1.165, 1.54) is 6.92 Å². The Morgan fingerprint density at radius 2 is 1.75 bits per heavy atom. The van der Waals surface area contributed by atoms with E-state index in [-0.39, 0.29) is 17.8 Å². The van der Waals surface area contributed by atoms with Crippen molar-refractivity contribution in [1.82, 2.24) is 4.90 Å². The summed E-state index contributed by atoms with van der Waals surface area (Å²) in [6, 6.07) is 6.05. The molecule has 1 saturated carbocycles. The van der Waals surface area contributed by atoms with Gasteiger partial charge >= 0.3 is 5.97 Å². The largest absolute Gasteiger partial charge is 0.497 e. The van der Waals surface area contributed by atoms with Gasteiger partial charge in [0.15, 0.2) is 0 Å². The minimum atomic E-state index is -0.944. The number of nitrogens with zero attached hydrogens (tertiary/aromatic N) is 2. The molecule has 1 aromatic carbocycles. The van der Waals surface area contributed by atoms with Gasteiger partial charge in [0.25, 0.3) is 0 Å². The molecule has 199 valence electrons. The van der Waals surface area contributed by atoms with Gasteiger partial charge in [0, 0.05) is 75.9 Å².